The summed E-state index contributed by atoms with van der Waals surface area (Å²) in [6.07, 6.45) is 1.16. The second-order valence-corrected chi connectivity index (χ2v) is 7.06. The lowest BCUT2D eigenvalue weighted by Crippen LogP contribution is -2.14. The van der Waals surface area contributed by atoms with Gasteiger partial charge in [-0.05, 0) is 13.0 Å². The fourth-order valence-corrected chi connectivity index (χ4v) is 2.50. The first-order valence-electron chi connectivity index (χ1n) is 6.24. The maximum atomic E-state index is 11.2. The second kappa shape index (κ2) is 5.65. The third-order valence-electron chi connectivity index (χ3n) is 2.93. The Labute approximate surface area is 122 Å². The Hall–Kier alpha value is -2.22. The molecule has 0 saturated heterocycles. The molecule has 0 aliphatic heterocycles. The number of aromatic nitrogens is 1. The van der Waals surface area contributed by atoms with Gasteiger partial charge in [0, 0.05) is 35.6 Å². The van der Waals surface area contributed by atoms with E-state index in [0.29, 0.717) is 22.3 Å². The average molecular weight is 309 g/mol. The Bertz CT molecular complexity index is 802. The molecule has 0 aliphatic rings. The summed E-state index contributed by atoms with van der Waals surface area (Å²) >= 11 is 0. The molecule has 2 aromatic rings. The van der Waals surface area contributed by atoms with Gasteiger partial charge in [0.2, 0.25) is 0 Å². The van der Waals surface area contributed by atoms with Crippen molar-refractivity contribution in [3.05, 3.63) is 40.1 Å². The number of rotatable bonds is 5. The molecular formula is C13H15N3O4S. The highest BCUT2D eigenvalue weighted by molar-refractivity contribution is 7.90. The molecule has 0 fully saturated rings. The average Bonchev–Trinajstić information content (AvgIpc) is 2.36. The van der Waals surface area contributed by atoms with Crippen molar-refractivity contribution in [2.45, 2.75) is 6.92 Å². The van der Waals surface area contributed by atoms with Gasteiger partial charge in [-0.3, -0.25) is 10.1 Å². The van der Waals surface area contributed by atoms with E-state index in [1.807, 2.05) is 0 Å². The molecule has 0 bridgehead atoms. The van der Waals surface area contributed by atoms with E-state index < -0.39 is 14.8 Å². The van der Waals surface area contributed by atoms with Crippen LogP contribution in [-0.2, 0) is 9.84 Å². The number of benzene rings is 1. The SMILES string of the molecule is Cc1cc(NCCS(C)(=O)=O)c2cccc([N+](=O)[O-])c2n1. The van der Waals surface area contributed by atoms with Crippen molar-refractivity contribution >= 4 is 32.1 Å². The Morgan fingerprint density at radius 2 is 2.10 bits per heavy atom. The van der Waals surface area contributed by atoms with Crippen LogP contribution in [-0.4, -0.2) is 36.9 Å². The van der Waals surface area contributed by atoms with E-state index in [9.17, 15) is 18.5 Å². The number of nitrogens with zero attached hydrogens (tertiary/aromatic N) is 2. The smallest absolute Gasteiger partial charge is 0.295 e. The predicted molar refractivity (Wildman–Crippen MR) is 81.3 cm³/mol. The first-order valence-corrected chi connectivity index (χ1v) is 8.30. The van der Waals surface area contributed by atoms with Crippen molar-refractivity contribution in [3.8, 4) is 0 Å². The van der Waals surface area contributed by atoms with Gasteiger partial charge in [0.25, 0.3) is 5.69 Å². The predicted octanol–water partition coefficient (Wildman–Crippen LogP) is 1.91. The number of nitro groups is 1. The summed E-state index contributed by atoms with van der Waals surface area (Å²) in [6, 6.07) is 6.44. The summed E-state index contributed by atoms with van der Waals surface area (Å²) in [5.41, 5.74) is 1.50. The van der Waals surface area contributed by atoms with E-state index in [2.05, 4.69) is 10.3 Å². The zero-order valence-electron chi connectivity index (χ0n) is 11.7. The lowest BCUT2D eigenvalue weighted by atomic mass is 10.1. The molecule has 0 radical (unpaired) electrons. The summed E-state index contributed by atoms with van der Waals surface area (Å²) < 4.78 is 22.3. The van der Waals surface area contributed by atoms with Crippen molar-refractivity contribution in [2.75, 3.05) is 23.9 Å². The number of nitrogens with one attached hydrogen (secondary N) is 1. The fourth-order valence-electron chi connectivity index (χ4n) is 2.03. The largest absolute Gasteiger partial charge is 0.383 e. The van der Waals surface area contributed by atoms with Crippen molar-refractivity contribution < 1.29 is 13.3 Å². The highest BCUT2D eigenvalue weighted by Crippen LogP contribution is 2.29. The number of sulfone groups is 1. The highest BCUT2D eigenvalue weighted by Gasteiger charge is 2.15. The van der Waals surface area contributed by atoms with E-state index in [4.69, 9.17) is 0 Å². The number of aryl methyl sites for hydroxylation is 1. The van der Waals surface area contributed by atoms with Gasteiger partial charge in [0.05, 0.1) is 10.7 Å². The van der Waals surface area contributed by atoms with Gasteiger partial charge < -0.3 is 5.32 Å². The van der Waals surface area contributed by atoms with Crippen molar-refractivity contribution in [1.29, 1.82) is 0 Å². The van der Waals surface area contributed by atoms with Crippen LogP contribution in [0.25, 0.3) is 10.9 Å². The van der Waals surface area contributed by atoms with Crippen molar-refractivity contribution in [1.82, 2.24) is 4.98 Å². The van der Waals surface area contributed by atoms with Crippen LogP contribution in [0, 0.1) is 17.0 Å². The third-order valence-corrected chi connectivity index (χ3v) is 3.88. The van der Waals surface area contributed by atoms with E-state index in [1.54, 1.807) is 25.1 Å². The Morgan fingerprint density at radius 3 is 2.71 bits per heavy atom. The molecule has 112 valence electrons. The number of para-hydroxylation sites is 1. The topological polar surface area (TPSA) is 102 Å². The van der Waals surface area contributed by atoms with Crippen molar-refractivity contribution in [2.24, 2.45) is 0 Å². The molecule has 21 heavy (non-hydrogen) atoms. The number of nitro benzene ring substituents is 1. The summed E-state index contributed by atoms with van der Waals surface area (Å²) in [4.78, 5) is 14.8. The number of fused-ring (bicyclic) bond motifs is 1. The van der Waals surface area contributed by atoms with Crippen LogP contribution in [0.1, 0.15) is 5.69 Å². The molecule has 0 saturated carbocycles. The van der Waals surface area contributed by atoms with Crippen LogP contribution in [0.3, 0.4) is 0 Å². The number of pyridine rings is 1. The van der Waals surface area contributed by atoms with Gasteiger partial charge in [-0.2, -0.15) is 0 Å². The molecule has 1 N–H and O–H groups in total. The fraction of sp³-hybridized carbons (Fsp3) is 0.308. The van der Waals surface area contributed by atoms with Gasteiger partial charge in [-0.25, -0.2) is 13.4 Å². The number of hydrogen-bond acceptors (Lipinski definition) is 6. The van der Waals surface area contributed by atoms with E-state index in [0.717, 1.165) is 6.26 Å². The molecule has 0 aliphatic carbocycles. The van der Waals surface area contributed by atoms with Crippen LogP contribution < -0.4 is 5.32 Å². The minimum Gasteiger partial charge on any atom is -0.383 e. The lowest BCUT2D eigenvalue weighted by Gasteiger charge is -2.10. The molecule has 8 heteroatoms. The first kappa shape index (κ1) is 15.2. The Kier molecular flexibility index (Phi) is 4.08. The molecular weight excluding hydrogens is 294 g/mol. The third kappa shape index (κ3) is 3.66. The maximum Gasteiger partial charge on any atom is 0.295 e. The molecule has 1 aromatic heterocycles. The van der Waals surface area contributed by atoms with Crippen LogP contribution in [0.2, 0.25) is 0 Å². The standard InChI is InChI=1S/C13H15N3O4S/c1-9-8-11(14-6-7-21(2,19)20)10-4-3-5-12(16(17)18)13(10)15-9/h3-5,8H,6-7H2,1-2H3,(H,14,15). The summed E-state index contributed by atoms with van der Waals surface area (Å²) in [6.45, 7) is 1.97. The Morgan fingerprint density at radius 1 is 1.38 bits per heavy atom. The molecule has 7 nitrogen and oxygen atoms in total. The molecule has 1 aromatic carbocycles. The Balaban J connectivity index is 2.44. The number of hydrogen-bond donors (Lipinski definition) is 1. The van der Waals surface area contributed by atoms with Gasteiger partial charge in [0.15, 0.2) is 5.52 Å². The van der Waals surface area contributed by atoms with Gasteiger partial charge in [-0.1, -0.05) is 12.1 Å². The molecule has 0 amide bonds. The first-order chi connectivity index (χ1) is 9.78. The zero-order valence-corrected chi connectivity index (χ0v) is 12.5. The molecule has 0 spiro atoms. The van der Waals surface area contributed by atoms with E-state index >= 15 is 0 Å². The quantitative estimate of drug-likeness (QED) is 0.668. The number of anilines is 1. The van der Waals surface area contributed by atoms with Crippen LogP contribution in [0.5, 0.6) is 0 Å². The van der Waals surface area contributed by atoms with Crippen LogP contribution >= 0.6 is 0 Å². The second-order valence-electron chi connectivity index (χ2n) is 4.80. The van der Waals surface area contributed by atoms with Crippen LogP contribution in [0.15, 0.2) is 24.3 Å². The summed E-state index contributed by atoms with van der Waals surface area (Å²) in [5.74, 6) is -0.00914. The van der Waals surface area contributed by atoms with Crippen molar-refractivity contribution in [3.63, 3.8) is 0 Å². The van der Waals surface area contributed by atoms with Gasteiger partial charge >= 0.3 is 0 Å². The van der Waals surface area contributed by atoms with E-state index in [-0.39, 0.29) is 18.0 Å². The van der Waals surface area contributed by atoms with Crippen LogP contribution in [0.4, 0.5) is 11.4 Å². The summed E-state index contributed by atoms with van der Waals surface area (Å²) in [5, 5.41) is 14.7. The molecule has 0 unspecified atom stereocenters. The van der Waals surface area contributed by atoms with E-state index in [1.165, 1.54) is 6.07 Å². The minimum atomic E-state index is -3.07. The lowest BCUT2D eigenvalue weighted by molar-refractivity contribution is -0.383. The van der Waals surface area contributed by atoms with Gasteiger partial charge in [-0.15, -0.1) is 0 Å². The molecule has 1 heterocycles. The molecule has 0 atom stereocenters. The highest BCUT2D eigenvalue weighted by atomic mass is 32.2. The minimum absolute atomic E-state index is 0.00914. The maximum absolute atomic E-state index is 11.2. The normalized spacial score (nSPS) is 11.5. The molecule has 2 rings (SSSR count). The van der Waals surface area contributed by atoms with Gasteiger partial charge in [0.1, 0.15) is 9.84 Å². The number of non-ortho nitro benzene ring substituents is 1. The zero-order chi connectivity index (χ0) is 15.6. The monoisotopic (exact) mass is 309 g/mol. The summed E-state index contributed by atoms with van der Waals surface area (Å²) in [7, 11) is -3.07.